The van der Waals surface area contributed by atoms with E-state index in [4.69, 9.17) is 5.84 Å². The minimum atomic E-state index is 0.212. The van der Waals surface area contributed by atoms with Crippen molar-refractivity contribution in [2.24, 2.45) is 11.3 Å². The lowest BCUT2D eigenvalue weighted by Gasteiger charge is -2.24. The Morgan fingerprint density at radius 2 is 2.00 bits per heavy atom. The zero-order valence-electron chi connectivity index (χ0n) is 11.2. The standard InChI is InChI=1S/C14H23BrN2/c1-10-6-5-7-11(13(10)15)12(17-16)8-9-14(2,3)4/h5-7,12,17H,8-9,16H2,1-4H3. The lowest BCUT2D eigenvalue weighted by molar-refractivity contribution is 0.333. The van der Waals surface area contributed by atoms with Crippen LogP contribution in [0.25, 0.3) is 0 Å². The van der Waals surface area contributed by atoms with Crippen LogP contribution in [0.1, 0.15) is 50.8 Å². The van der Waals surface area contributed by atoms with Crippen LogP contribution in [0, 0.1) is 12.3 Å². The van der Waals surface area contributed by atoms with Crippen molar-refractivity contribution < 1.29 is 0 Å². The molecule has 0 saturated heterocycles. The Labute approximate surface area is 113 Å². The summed E-state index contributed by atoms with van der Waals surface area (Å²) in [5.74, 6) is 5.68. The fraction of sp³-hybridized carbons (Fsp3) is 0.571. The van der Waals surface area contributed by atoms with E-state index in [0.717, 1.165) is 17.3 Å². The molecule has 0 bridgehead atoms. The third kappa shape index (κ3) is 4.41. The van der Waals surface area contributed by atoms with Gasteiger partial charge >= 0.3 is 0 Å². The zero-order chi connectivity index (χ0) is 13.1. The number of hydrogen-bond acceptors (Lipinski definition) is 2. The normalized spacial score (nSPS) is 13.8. The lowest BCUT2D eigenvalue weighted by atomic mass is 9.87. The summed E-state index contributed by atoms with van der Waals surface area (Å²) in [4.78, 5) is 0. The summed E-state index contributed by atoms with van der Waals surface area (Å²) in [6.45, 7) is 8.87. The van der Waals surface area contributed by atoms with Gasteiger partial charge in [-0.1, -0.05) is 54.9 Å². The van der Waals surface area contributed by atoms with Gasteiger partial charge in [0.05, 0.1) is 0 Å². The maximum atomic E-state index is 5.68. The van der Waals surface area contributed by atoms with Crippen LogP contribution in [0.2, 0.25) is 0 Å². The maximum Gasteiger partial charge on any atom is 0.0471 e. The molecule has 0 aliphatic heterocycles. The Hall–Kier alpha value is -0.380. The molecule has 0 radical (unpaired) electrons. The molecule has 0 saturated carbocycles. The van der Waals surface area contributed by atoms with E-state index in [1.807, 2.05) is 0 Å². The van der Waals surface area contributed by atoms with Crippen molar-refractivity contribution in [2.75, 3.05) is 0 Å². The highest BCUT2D eigenvalue weighted by atomic mass is 79.9. The Morgan fingerprint density at radius 1 is 1.35 bits per heavy atom. The van der Waals surface area contributed by atoms with Crippen LogP contribution >= 0.6 is 15.9 Å². The Kier molecular flexibility index (Phi) is 5.17. The van der Waals surface area contributed by atoms with Crippen LogP contribution in [0.5, 0.6) is 0 Å². The number of nitrogens with two attached hydrogens (primary N) is 1. The molecule has 0 heterocycles. The molecule has 0 fully saturated rings. The highest BCUT2D eigenvalue weighted by Crippen LogP contribution is 2.31. The second-order valence-corrected chi connectivity index (χ2v) is 6.59. The van der Waals surface area contributed by atoms with Gasteiger partial charge in [-0.15, -0.1) is 0 Å². The maximum absolute atomic E-state index is 5.68. The molecule has 1 rings (SSSR count). The molecule has 1 unspecified atom stereocenters. The minimum absolute atomic E-state index is 0.212. The van der Waals surface area contributed by atoms with E-state index in [9.17, 15) is 0 Å². The molecular weight excluding hydrogens is 276 g/mol. The summed E-state index contributed by atoms with van der Waals surface area (Å²) in [7, 11) is 0. The third-order valence-electron chi connectivity index (χ3n) is 2.98. The SMILES string of the molecule is Cc1cccc(C(CCC(C)(C)C)NN)c1Br. The highest BCUT2D eigenvalue weighted by Gasteiger charge is 2.18. The van der Waals surface area contributed by atoms with Gasteiger partial charge in [-0.3, -0.25) is 11.3 Å². The molecule has 3 heteroatoms. The van der Waals surface area contributed by atoms with Crippen molar-refractivity contribution in [3.8, 4) is 0 Å². The fourth-order valence-electron chi connectivity index (χ4n) is 1.85. The number of nitrogens with one attached hydrogen (secondary N) is 1. The minimum Gasteiger partial charge on any atom is -0.271 e. The van der Waals surface area contributed by atoms with Crippen molar-refractivity contribution in [2.45, 2.75) is 46.6 Å². The van der Waals surface area contributed by atoms with Gasteiger partial charge in [0.25, 0.3) is 0 Å². The van der Waals surface area contributed by atoms with E-state index >= 15 is 0 Å². The molecule has 2 nitrogen and oxygen atoms in total. The first-order chi connectivity index (χ1) is 7.85. The molecule has 0 amide bonds. The second-order valence-electron chi connectivity index (χ2n) is 5.80. The van der Waals surface area contributed by atoms with Crippen LogP contribution in [0.3, 0.4) is 0 Å². The number of rotatable bonds is 4. The molecule has 3 N–H and O–H groups in total. The topological polar surface area (TPSA) is 38.0 Å². The fourth-order valence-corrected chi connectivity index (χ4v) is 2.39. The third-order valence-corrected chi connectivity index (χ3v) is 4.06. The molecule has 1 aromatic carbocycles. The highest BCUT2D eigenvalue weighted by molar-refractivity contribution is 9.10. The van der Waals surface area contributed by atoms with Crippen LogP contribution < -0.4 is 11.3 Å². The van der Waals surface area contributed by atoms with Crippen LogP contribution in [-0.4, -0.2) is 0 Å². The number of benzene rings is 1. The van der Waals surface area contributed by atoms with Gasteiger partial charge in [-0.05, 0) is 36.3 Å². The van der Waals surface area contributed by atoms with Crippen LogP contribution in [-0.2, 0) is 0 Å². The van der Waals surface area contributed by atoms with Gasteiger partial charge in [-0.25, -0.2) is 0 Å². The van der Waals surface area contributed by atoms with Gasteiger partial charge in [0.1, 0.15) is 0 Å². The molecule has 1 atom stereocenters. The number of hydrazine groups is 1. The molecule has 0 spiro atoms. The number of hydrogen-bond donors (Lipinski definition) is 2. The Bertz CT molecular complexity index is 369. The largest absolute Gasteiger partial charge is 0.271 e. The predicted octanol–water partition coefficient (Wildman–Crippen LogP) is 4.09. The molecule has 0 aliphatic carbocycles. The summed E-state index contributed by atoms with van der Waals surface area (Å²) < 4.78 is 1.16. The van der Waals surface area contributed by atoms with Gasteiger partial charge in [-0.2, -0.15) is 0 Å². The van der Waals surface area contributed by atoms with Crippen molar-refractivity contribution in [3.05, 3.63) is 33.8 Å². The molecule has 17 heavy (non-hydrogen) atoms. The summed E-state index contributed by atoms with van der Waals surface area (Å²) in [5.41, 5.74) is 5.76. The van der Waals surface area contributed by atoms with E-state index in [1.165, 1.54) is 11.1 Å². The summed E-state index contributed by atoms with van der Waals surface area (Å²) in [6.07, 6.45) is 2.18. The first kappa shape index (κ1) is 14.7. The van der Waals surface area contributed by atoms with Gasteiger partial charge in [0.15, 0.2) is 0 Å². The van der Waals surface area contributed by atoms with E-state index in [1.54, 1.807) is 0 Å². The average molecular weight is 299 g/mol. The molecule has 0 aliphatic rings. The van der Waals surface area contributed by atoms with Crippen molar-refractivity contribution >= 4 is 15.9 Å². The molecular formula is C14H23BrN2. The first-order valence-electron chi connectivity index (χ1n) is 6.06. The molecule has 0 aromatic heterocycles. The van der Waals surface area contributed by atoms with E-state index in [-0.39, 0.29) is 6.04 Å². The van der Waals surface area contributed by atoms with Crippen molar-refractivity contribution in [1.82, 2.24) is 5.43 Å². The van der Waals surface area contributed by atoms with E-state index < -0.39 is 0 Å². The monoisotopic (exact) mass is 298 g/mol. The lowest BCUT2D eigenvalue weighted by Crippen LogP contribution is -2.29. The predicted molar refractivity (Wildman–Crippen MR) is 77.6 cm³/mol. The average Bonchev–Trinajstić information content (AvgIpc) is 2.23. The van der Waals surface area contributed by atoms with E-state index in [2.05, 4.69) is 67.2 Å². The zero-order valence-corrected chi connectivity index (χ0v) is 12.8. The first-order valence-corrected chi connectivity index (χ1v) is 6.85. The number of aryl methyl sites for hydroxylation is 1. The van der Waals surface area contributed by atoms with E-state index in [0.29, 0.717) is 5.41 Å². The van der Waals surface area contributed by atoms with Crippen molar-refractivity contribution in [3.63, 3.8) is 0 Å². The molecule has 96 valence electrons. The van der Waals surface area contributed by atoms with Crippen LogP contribution in [0.15, 0.2) is 22.7 Å². The second kappa shape index (κ2) is 5.98. The summed E-state index contributed by atoms with van der Waals surface area (Å²) >= 11 is 3.65. The quantitative estimate of drug-likeness (QED) is 0.649. The Balaban J connectivity index is 2.83. The van der Waals surface area contributed by atoms with Gasteiger partial charge < -0.3 is 0 Å². The number of halogens is 1. The van der Waals surface area contributed by atoms with Gasteiger partial charge in [0.2, 0.25) is 0 Å². The van der Waals surface area contributed by atoms with Crippen LogP contribution in [0.4, 0.5) is 0 Å². The van der Waals surface area contributed by atoms with Crippen molar-refractivity contribution in [1.29, 1.82) is 0 Å². The molecule has 1 aromatic rings. The Morgan fingerprint density at radius 3 is 2.53 bits per heavy atom. The smallest absolute Gasteiger partial charge is 0.0471 e. The summed E-state index contributed by atoms with van der Waals surface area (Å²) in [5, 5.41) is 0. The van der Waals surface area contributed by atoms with Gasteiger partial charge in [0, 0.05) is 10.5 Å². The summed E-state index contributed by atoms with van der Waals surface area (Å²) in [6, 6.07) is 6.52.